The molecule has 2 N–H and O–H groups in total. The number of allylic oxidation sites excluding steroid dienone is 3. The molecule has 34 heavy (non-hydrogen) atoms. The number of halogens is 1. The van der Waals surface area contributed by atoms with Crippen LogP contribution in [0.2, 0.25) is 5.02 Å². The summed E-state index contributed by atoms with van der Waals surface area (Å²) in [6.45, 7) is 7.68. The minimum atomic E-state index is -1.00. The van der Waals surface area contributed by atoms with Gasteiger partial charge in [-0.05, 0) is 50.3 Å². The number of hydrogen-bond acceptors (Lipinski definition) is 8. The lowest BCUT2D eigenvalue weighted by Crippen LogP contribution is -2.43. The molecular formula is C25H30ClNO7. The van der Waals surface area contributed by atoms with Crippen LogP contribution in [0.5, 0.6) is 11.5 Å². The molecule has 3 unspecified atom stereocenters. The largest absolute Gasteiger partial charge is 0.503 e. The van der Waals surface area contributed by atoms with Gasteiger partial charge >= 0.3 is 11.9 Å². The van der Waals surface area contributed by atoms with Crippen molar-refractivity contribution in [1.82, 2.24) is 5.32 Å². The quantitative estimate of drug-likeness (QED) is 0.434. The first-order valence-electron chi connectivity index (χ1n) is 11.3. The number of rotatable bonds is 7. The predicted octanol–water partition coefficient (Wildman–Crippen LogP) is 4.01. The Morgan fingerprint density at radius 2 is 1.97 bits per heavy atom. The fourth-order valence-corrected chi connectivity index (χ4v) is 4.80. The van der Waals surface area contributed by atoms with Gasteiger partial charge in [0.05, 0.1) is 30.9 Å². The van der Waals surface area contributed by atoms with Crippen LogP contribution < -0.4 is 10.1 Å². The average Bonchev–Trinajstić information content (AvgIpc) is 2.79. The monoisotopic (exact) mass is 491 g/mol. The summed E-state index contributed by atoms with van der Waals surface area (Å²) in [5, 5.41) is 13.6. The number of carbonyl (C=O) groups is 3. The Morgan fingerprint density at radius 1 is 1.26 bits per heavy atom. The third-order valence-electron chi connectivity index (χ3n) is 6.08. The van der Waals surface area contributed by atoms with Gasteiger partial charge in [0, 0.05) is 22.9 Å². The fourth-order valence-electron chi connectivity index (χ4n) is 4.58. The maximum absolute atomic E-state index is 13.7. The van der Waals surface area contributed by atoms with Crippen LogP contribution in [0, 0.1) is 11.8 Å². The van der Waals surface area contributed by atoms with E-state index in [-0.39, 0.29) is 46.8 Å². The van der Waals surface area contributed by atoms with E-state index in [2.05, 4.69) is 5.32 Å². The van der Waals surface area contributed by atoms with Crippen LogP contribution in [-0.2, 0) is 23.9 Å². The third kappa shape index (κ3) is 4.64. The number of ether oxygens (including phenoxy) is 3. The van der Waals surface area contributed by atoms with Crippen molar-refractivity contribution in [2.75, 3.05) is 20.3 Å². The smallest absolute Gasteiger partial charge is 0.336 e. The molecule has 1 aliphatic heterocycles. The first-order valence-corrected chi connectivity index (χ1v) is 11.7. The van der Waals surface area contributed by atoms with Gasteiger partial charge in [-0.3, -0.25) is 9.59 Å². The van der Waals surface area contributed by atoms with Crippen molar-refractivity contribution in [2.45, 2.75) is 46.5 Å². The standard InChI is InChI=1S/C25H30ClNO7/c1-6-8-34-25(31)19-13(4)27-16-9-12(3)18(24(30)32-5)23(29)21(16)20(19)14-10-15(26)22(28)17(11-14)33-7-2/h10-12,18,20,27-28H,6-9H2,1-5H3. The van der Waals surface area contributed by atoms with Crippen molar-refractivity contribution in [3.05, 3.63) is 45.3 Å². The molecule has 0 saturated heterocycles. The van der Waals surface area contributed by atoms with Gasteiger partial charge in [-0.1, -0.05) is 25.4 Å². The van der Waals surface area contributed by atoms with Gasteiger partial charge in [0.1, 0.15) is 5.92 Å². The number of carbonyl (C=O) groups excluding carboxylic acids is 3. The molecule has 1 aromatic rings. The van der Waals surface area contributed by atoms with Gasteiger partial charge in [0.2, 0.25) is 0 Å². The summed E-state index contributed by atoms with van der Waals surface area (Å²) < 4.78 is 15.9. The van der Waals surface area contributed by atoms with Crippen molar-refractivity contribution >= 4 is 29.3 Å². The molecule has 0 aromatic heterocycles. The number of nitrogens with one attached hydrogen (secondary N) is 1. The average molecular weight is 492 g/mol. The molecule has 8 nitrogen and oxygen atoms in total. The molecule has 0 fully saturated rings. The Balaban J connectivity index is 2.24. The molecule has 1 aliphatic carbocycles. The molecule has 1 heterocycles. The van der Waals surface area contributed by atoms with E-state index >= 15 is 0 Å². The number of benzene rings is 1. The minimum absolute atomic E-state index is 0.0155. The highest BCUT2D eigenvalue weighted by atomic mass is 35.5. The van der Waals surface area contributed by atoms with Gasteiger partial charge < -0.3 is 24.6 Å². The van der Waals surface area contributed by atoms with Crippen molar-refractivity contribution < 1.29 is 33.7 Å². The maximum atomic E-state index is 13.7. The Labute approximate surface area is 203 Å². The zero-order valence-electron chi connectivity index (χ0n) is 20.0. The summed E-state index contributed by atoms with van der Waals surface area (Å²) in [5.41, 5.74) is 2.17. The van der Waals surface area contributed by atoms with Crippen molar-refractivity contribution in [1.29, 1.82) is 0 Å². The molecule has 1 aromatic carbocycles. The van der Waals surface area contributed by atoms with Gasteiger partial charge in [-0.2, -0.15) is 0 Å². The number of aromatic hydroxyl groups is 1. The number of phenolic OH excluding ortho intramolecular Hbond substituents is 1. The summed E-state index contributed by atoms with van der Waals surface area (Å²) in [5.74, 6) is -3.89. The summed E-state index contributed by atoms with van der Waals surface area (Å²) in [6, 6.07) is 3.06. The van der Waals surface area contributed by atoms with Crippen molar-refractivity contribution in [2.24, 2.45) is 11.8 Å². The van der Waals surface area contributed by atoms with E-state index in [0.29, 0.717) is 29.8 Å². The lowest BCUT2D eigenvalue weighted by atomic mass is 9.69. The third-order valence-corrected chi connectivity index (χ3v) is 6.37. The van der Waals surface area contributed by atoms with Crippen LogP contribution in [0.15, 0.2) is 34.7 Å². The zero-order valence-corrected chi connectivity index (χ0v) is 20.7. The number of dihydropyridines is 1. The van der Waals surface area contributed by atoms with Crippen LogP contribution in [0.25, 0.3) is 0 Å². The Bertz CT molecular complexity index is 1080. The highest BCUT2D eigenvalue weighted by molar-refractivity contribution is 6.32. The van der Waals surface area contributed by atoms with E-state index in [1.54, 1.807) is 19.9 Å². The number of methoxy groups -OCH3 is 1. The van der Waals surface area contributed by atoms with Gasteiger partial charge in [-0.25, -0.2) is 4.79 Å². The Morgan fingerprint density at radius 3 is 2.59 bits per heavy atom. The lowest BCUT2D eigenvalue weighted by molar-refractivity contribution is -0.151. The van der Waals surface area contributed by atoms with E-state index in [0.717, 1.165) is 0 Å². The molecule has 9 heteroatoms. The first kappa shape index (κ1) is 25.6. The molecule has 0 spiro atoms. The first-order chi connectivity index (χ1) is 16.2. The second-order valence-corrected chi connectivity index (χ2v) is 8.86. The van der Waals surface area contributed by atoms with Crippen LogP contribution in [0.4, 0.5) is 0 Å². The molecule has 0 amide bonds. The lowest BCUT2D eigenvalue weighted by Gasteiger charge is -2.38. The number of esters is 2. The number of ketones is 1. The topological polar surface area (TPSA) is 111 Å². The van der Waals surface area contributed by atoms with E-state index in [9.17, 15) is 19.5 Å². The van der Waals surface area contributed by atoms with E-state index < -0.39 is 29.6 Å². The molecule has 0 saturated carbocycles. The minimum Gasteiger partial charge on any atom is -0.503 e. The molecule has 0 radical (unpaired) electrons. The normalized spacial score (nSPS) is 22.2. The van der Waals surface area contributed by atoms with E-state index in [1.165, 1.54) is 13.2 Å². The molecule has 3 rings (SSSR count). The second-order valence-electron chi connectivity index (χ2n) is 8.45. The van der Waals surface area contributed by atoms with Crippen molar-refractivity contribution in [3.63, 3.8) is 0 Å². The summed E-state index contributed by atoms with van der Waals surface area (Å²) in [7, 11) is 1.24. The zero-order chi connectivity index (χ0) is 25.2. The molecule has 2 aliphatic rings. The van der Waals surface area contributed by atoms with Crippen LogP contribution in [0.1, 0.15) is 52.0 Å². The summed E-state index contributed by atoms with van der Waals surface area (Å²) in [4.78, 5) is 39.4. The Kier molecular flexibility index (Phi) is 7.92. The summed E-state index contributed by atoms with van der Waals surface area (Å²) >= 11 is 6.30. The molecular weight excluding hydrogens is 462 g/mol. The Hall–Kier alpha value is -3.00. The van der Waals surface area contributed by atoms with Crippen LogP contribution >= 0.6 is 11.6 Å². The summed E-state index contributed by atoms with van der Waals surface area (Å²) in [6.07, 6.45) is 1.04. The SMILES string of the molecule is CCCOC(=O)C1=C(C)NC2=C(C(=O)C(C(=O)OC)C(C)C2)C1c1cc(Cl)c(O)c(OCC)c1. The van der Waals surface area contributed by atoms with Gasteiger partial charge in [0.25, 0.3) is 0 Å². The number of Topliss-reactive ketones (excluding diaryl/α,β-unsaturated/α-hetero) is 1. The van der Waals surface area contributed by atoms with Crippen molar-refractivity contribution in [3.8, 4) is 11.5 Å². The second kappa shape index (κ2) is 10.5. The number of hydrogen-bond donors (Lipinski definition) is 2. The molecule has 3 atom stereocenters. The molecule has 184 valence electrons. The predicted molar refractivity (Wildman–Crippen MR) is 125 cm³/mol. The molecule has 0 bridgehead atoms. The maximum Gasteiger partial charge on any atom is 0.336 e. The van der Waals surface area contributed by atoms with Gasteiger partial charge in [-0.15, -0.1) is 0 Å². The van der Waals surface area contributed by atoms with E-state index in [4.69, 9.17) is 25.8 Å². The van der Waals surface area contributed by atoms with Crippen LogP contribution in [0.3, 0.4) is 0 Å². The van der Waals surface area contributed by atoms with Gasteiger partial charge in [0.15, 0.2) is 17.3 Å². The number of phenols is 1. The van der Waals surface area contributed by atoms with E-state index in [1.807, 2.05) is 13.8 Å². The highest BCUT2D eigenvalue weighted by Gasteiger charge is 2.47. The highest BCUT2D eigenvalue weighted by Crippen LogP contribution is 2.48. The fraction of sp³-hybridized carbons (Fsp3) is 0.480. The van der Waals surface area contributed by atoms with Crippen LogP contribution in [-0.4, -0.2) is 43.2 Å².